The number of ether oxygens (including phenoxy) is 2. The zero-order valence-electron chi connectivity index (χ0n) is 12.9. The number of aromatic nitrogens is 1. The zero-order chi connectivity index (χ0) is 16.4. The summed E-state index contributed by atoms with van der Waals surface area (Å²) in [5.41, 5.74) is 1.17. The quantitative estimate of drug-likeness (QED) is 0.775. The van der Waals surface area contributed by atoms with Crippen LogP contribution in [0.1, 0.15) is 17.4 Å². The predicted octanol–water partition coefficient (Wildman–Crippen LogP) is 3.04. The fraction of sp³-hybridized carbons (Fsp3) is 0.167. The average Bonchev–Trinajstić information content (AvgIpc) is 2.60. The number of aliphatic hydroxyl groups excluding tert-OH is 1. The summed E-state index contributed by atoms with van der Waals surface area (Å²) in [6.07, 6.45) is 0.741. The lowest BCUT2D eigenvalue weighted by molar-refractivity contribution is 0.217. The summed E-state index contributed by atoms with van der Waals surface area (Å²) in [6.45, 7) is 0. The SMILES string of the molecule is COc1cc2ccnc(C(O)c3ccc(O)cc3)c2cc1OC. The number of aliphatic hydroxyl groups is 1. The third-order valence-electron chi connectivity index (χ3n) is 3.77. The average molecular weight is 311 g/mol. The van der Waals surface area contributed by atoms with Gasteiger partial charge < -0.3 is 19.7 Å². The van der Waals surface area contributed by atoms with Crippen molar-refractivity contribution >= 4 is 10.8 Å². The standard InChI is InChI=1S/C18H17NO4/c1-22-15-9-12-7-8-19-17(14(12)10-16(15)23-2)18(21)11-3-5-13(20)6-4-11/h3-10,18,20-21H,1-2H3. The Labute approximate surface area is 133 Å². The van der Waals surface area contributed by atoms with E-state index in [9.17, 15) is 10.2 Å². The molecule has 2 N–H and O–H groups in total. The van der Waals surface area contributed by atoms with E-state index in [4.69, 9.17) is 9.47 Å². The maximum Gasteiger partial charge on any atom is 0.161 e. The van der Waals surface area contributed by atoms with Gasteiger partial charge in [0.25, 0.3) is 0 Å². The molecule has 0 saturated heterocycles. The third-order valence-corrected chi connectivity index (χ3v) is 3.77. The second-order valence-corrected chi connectivity index (χ2v) is 5.12. The van der Waals surface area contributed by atoms with Gasteiger partial charge in [0.15, 0.2) is 11.5 Å². The van der Waals surface area contributed by atoms with Crippen molar-refractivity contribution in [3.8, 4) is 17.2 Å². The number of nitrogens with zero attached hydrogens (tertiary/aromatic N) is 1. The van der Waals surface area contributed by atoms with Crippen molar-refractivity contribution in [2.45, 2.75) is 6.10 Å². The summed E-state index contributed by atoms with van der Waals surface area (Å²) in [6, 6.07) is 11.9. The number of hydrogen-bond acceptors (Lipinski definition) is 5. The van der Waals surface area contributed by atoms with Gasteiger partial charge in [-0.1, -0.05) is 12.1 Å². The highest BCUT2D eigenvalue weighted by atomic mass is 16.5. The molecule has 0 aliphatic heterocycles. The largest absolute Gasteiger partial charge is 0.508 e. The van der Waals surface area contributed by atoms with Crippen molar-refractivity contribution in [2.75, 3.05) is 14.2 Å². The van der Waals surface area contributed by atoms with Gasteiger partial charge in [-0.15, -0.1) is 0 Å². The van der Waals surface area contributed by atoms with Gasteiger partial charge in [-0.25, -0.2) is 0 Å². The van der Waals surface area contributed by atoms with E-state index in [0.717, 1.165) is 10.8 Å². The van der Waals surface area contributed by atoms with Crippen molar-refractivity contribution in [2.24, 2.45) is 0 Å². The lowest BCUT2D eigenvalue weighted by atomic mass is 10.0. The molecule has 23 heavy (non-hydrogen) atoms. The molecule has 0 aliphatic rings. The van der Waals surface area contributed by atoms with Crippen LogP contribution in [0.3, 0.4) is 0 Å². The Morgan fingerprint density at radius 3 is 2.26 bits per heavy atom. The Hall–Kier alpha value is -2.79. The summed E-state index contributed by atoms with van der Waals surface area (Å²) in [4.78, 5) is 4.33. The molecule has 3 aromatic rings. The number of rotatable bonds is 4. The first-order valence-corrected chi connectivity index (χ1v) is 7.11. The molecule has 2 aromatic carbocycles. The molecule has 0 bridgehead atoms. The molecule has 1 unspecified atom stereocenters. The van der Waals surface area contributed by atoms with Crippen molar-refractivity contribution in [1.29, 1.82) is 0 Å². The fourth-order valence-electron chi connectivity index (χ4n) is 2.55. The lowest BCUT2D eigenvalue weighted by Gasteiger charge is -2.15. The summed E-state index contributed by atoms with van der Waals surface area (Å²) >= 11 is 0. The van der Waals surface area contributed by atoms with Crippen LogP contribution in [0.25, 0.3) is 10.8 Å². The highest BCUT2D eigenvalue weighted by molar-refractivity contribution is 5.88. The van der Waals surface area contributed by atoms with Crippen molar-refractivity contribution in [3.63, 3.8) is 0 Å². The maximum atomic E-state index is 10.7. The predicted molar refractivity (Wildman–Crippen MR) is 87.0 cm³/mol. The molecule has 0 saturated carbocycles. The van der Waals surface area contributed by atoms with Crippen LogP contribution in [0.2, 0.25) is 0 Å². The molecule has 0 radical (unpaired) electrons. The number of pyridine rings is 1. The van der Waals surface area contributed by atoms with Crippen molar-refractivity contribution in [1.82, 2.24) is 4.98 Å². The molecule has 5 heteroatoms. The number of methoxy groups -OCH3 is 2. The van der Waals surface area contributed by atoms with Gasteiger partial charge in [0, 0.05) is 11.6 Å². The molecule has 118 valence electrons. The van der Waals surface area contributed by atoms with E-state index in [2.05, 4.69) is 4.98 Å². The Balaban J connectivity index is 2.15. The maximum absolute atomic E-state index is 10.7. The topological polar surface area (TPSA) is 71.8 Å². The molecule has 1 atom stereocenters. The van der Waals surface area contributed by atoms with Crippen LogP contribution in [0.5, 0.6) is 17.2 Å². The third kappa shape index (κ3) is 2.78. The minimum absolute atomic E-state index is 0.151. The van der Waals surface area contributed by atoms with Gasteiger partial charge >= 0.3 is 0 Å². The molecule has 3 rings (SSSR count). The van der Waals surface area contributed by atoms with Crippen LogP contribution >= 0.6 is 0 Å². The van der Waals surface area contributed by atoms with Crippen LogP contribution in [0.4, 0.5) is 0 Å². The number of aromatic hydroxyl groups is 1. The minimum atomic E-state index is -0.905. The van der Waals surface area contributed by atoms with Crippen LogP contribution < -0.4 is 9.47 Å². The van der Waals surface area contributed by atoms with Crippen molar-refractivity contribution in [3.05, 3.63) is 59.9 Å². The minimum Gasteiger partial charge on any atom is -0.508 e. The molecule has 0 amide bonds. The normalized spacial score (nSPS) is 12.1. The number of benzene rings is 2. The Morgan fingerprint density at radius 1 is 0.957 bits per heavy atom. The molecular weight excluding hydrogens is 294 g/mol. The molecule has 1 heterocycles. The van der Waals surface area contributed by atoms with Gasteiger partial charge in [-0.2, -0.15) is 0 Å². The molecule has 1 aromatic heterocycles. The van der Waals surface area contributed by atoms with Crippen LogP contribution in [0.15, 0.2) is 48.7 Å². The van der Waals surface area contributed by atoms with Crippen LogP contribution in [-0.4, -0.2) is 29.4 Å². The van der Waals surface area contributed by atoms with E-state index in [-0.39, 0.29) is 5.75 Å². The monoisotopic (exact) mass is 311 g/mol. The molecular formula is C18H17NO4. The zero-order valence-corrected chi connectivity index (χ0v) is 12.9. The van der Waals surface area contributed by atoms with Crippen molar-refractivity contribution < 1.29 is 19.7 Å². The first-order valence-electron chi connectivity index (χ1n) is 7.11. The van der Waals surface area contributed by atoms with Crippen LogP contribution in [-0.2, 0) is 0 Å². The molecule has 0 fully saturated rings. The number of phenolic OH excluding ortho intramolecular Hbond substituents is 1. The van der Waals surface area contributed by atoms with E-state index < -0.39 is 6.10 Å². The molecule has 0 aliphatic carbocycles. The number of fused-ring (bicyclic) bond motifs is 1. The van der Waals surface area contributed by atoms with Gasteiger partial charge in [-0.05, 0) is 41.3 Å². The van der Waals surface area contributed by atoms with E-state index in [1.165, 1.54) is 12.1 Å². The van der Waals surface area contributed by atoms with Gasteiger partial charge in [0.05, 0.1) is 19.9 Å². The summed E-state index contributed by atoms with van der Waals surface area (Å²) in [7, 11) is 3.15. The highest BCUT2D eigenvalue weighted by Crippen LogP contribution is 2.35. The first kappa shape index (κ1) is 15.1. The fourth-order valence-corrected chi connectivity index (χ4v) is 2.55. The second-order valence-electron chi connectivity index (χ2n) is 5.12. The van der Waals surface area contributed by atoms with E-state index >= 15 is 0 Å². The summed E-state index contributed by atoms with van der Waals surface area (Å²) < 4.78 is 10.6. The lowest BCUT2D eigenvalue weighted by Crippen LogP contribution is -2.03. The first-order chi connectivity index (χ1) is 11.1. The Bertz CT molecular complexity index is 830. The van der Waals surface area contributed by atoms with E-state index in [1.54, 1.807) is 38.6 Å². The smallest absolute Gasteiger partial charge is 0.161 e. The van der Waals surface area contributed by atoms with E-state index in [0.29, 0.717) is 22.8 Å². The Morgan fingerprint density at radius 2 is 1.61 bits per heavy atom. The van der Waals surface area contributed by atoms with Crippen LogP contribution in [0, 0.1) is 0 Å². The Kier molecular flexibility index (Phi) is 4.04. The number of phenols is 1. The second kappa shape index (κ2) is 6.14. The highest BCUT2D eigenvalue weighted by Gasteiger charge is 2.17. The summed E-state index contributed by atoms with van der Waals surface area (Å²) in [5, 5.41) is 21.7. The number of hydrogen-bond donors (Lipinski definition) is 2. The van der Waals surface area contributed by atoms with Gasteiger partial charge in [0.2, 0.25) is 0 Å². The van der Waals surface area contributed by atoms with E-state index in [1.807, 2.05) is 12.1 Å². The van der Waals surface area contributed by atoms with Gasteiger partial charge in [-0.3, -0.25) is 4.98 Å². The molecule has 5 nitrogen and oxygen atoms in total. The molecule has 0 spiro atoms. The van der Waals surface area contributed by atoms with Gasteiger partial charge in [0.1, 0.15) is 11.9 Å². The summed E-state index contributed by atoms with van der Waals surface area (Å²) in [5.74, 6) is 1.35.